The molecule has 37 heavy (non-hydrogen) atoms. The number of rotatable bonds is 9. The second kappa shape index (κ2) is 10.2. The molecule has 1 unspecified atom stereocenters. The third kappa shape index (κ3) is 4.28. The number of hydrogen-bond donors (Lipinski definition) is 0. The summed E-state index contributed by atoms with van der Waals surface area (Å²) in [6.45, 7) is 10.2. The van der Waals surface area contributed by atoms with Crippen molar-refractivity contribution in [2.45, 2.75) is 12.1 Å². The van der Waals surface area contributed by atoms with E-state index in [-0.39, 0.29) is 0 Å². The molecule has 5 heteroatoms. The van der Waals surface area contributed by atoms with Gasteiger partial charge in [-0.3, -0.25) is 4.57 Å². The zero-order valence-corrected chi connectivity index (χ0v) is 21.7. The molecule has 186 valence electrons. The van der Waals surface area contributed by atoms with Gasteiger partial charge < -0.3 is 14.0 Å². The first-order valence-corrected chi connectivity index (χ1v) is 13.8. The Morgan fingerprint density at radius 1 is 0.730 bits per heavy atom. The van der Waals surface area contributed by atoms with Crippen LogP contribution in [0, 0.1) is 0 Å². The Hall–Kier alpha value is -4.01. The van der Waals surface area contributed by atoms with Crippen molar-refractivity contribution in [3.8, 4) is 28.4 Å². The van der Waals surface area contributed by atoms with Crippen LogP contribution < -0.4 is 19.3 Å². The summed E-state index contributed by atoms with van der Waals surface area (Å²) >= 11 is 0. The molecule has 0 amide bonds. The third-order valence-electron chi connectivity index (χ3n) is 6.78. The maximum Gasteiger partial charge on any atom is 0.292 e. The summed E-state index contributed by atoms with van der Waals surface area (Å²) < 4.78 is 33.4. The van der Waals surface area contributed by atoms with E-state index in [1.165, 1.54) is 0 Å². The summed E-state index contributed by atoms with van der Waals surface area (Å²) in [7, 11) is -3.59. The van der Waals surface area contributed by atoms with E-state index in [4.69, 9.17) is 14.0 Å². The van der Waals surface area contributed by atoms with E-state index in [9.17, 15) is 0 Å². The van der Waals surface area contributed by atoms with Gasteiger partial charge in [-0.2, -0.15) is 0 Å². The van der Waals surface area contributed by atoms with Crippen LogP contribution in [-0.2, 0) is 9.72 Å². The topological polar surface area (TPSA) is 44.8 Å². The van der Waals surface area contributed by atoms with Crippen LogP contribution in [0.15, 0.2) is 122 Å². The fourth-order valence-electron chi connectivity index (χ4n) is 4.81. The Balaban J connectivity index is 1.71. The molecule has 0 aromatic heterocycles. The van der Waals surface area contributed by atoms with Crippen molar-refractivity contribution in [3.05, 3.63) is 133 Å². The van der Waals surface area contributed by atoms with Crippen molar-refractivity contribution >= 4 is 12.7 Å². The van der Waals surface area contributed by atoms with E-state index < -0.39 is 12.5 Å². The zero-order valence-electron chi connectivity index (χ0n) is 20.8. The Labute approximate surface area is 218 Å². The molecule has 0 aliphatic carbocycles. The van der Waals surface area contributed by atoms with Gasteiger partial charge in [0.15, 0.2) is 0 Å². The molecule has 0 bridgehead atoms. The van der Waals surface area contributed by atoms with Crippen LogP contribution in [0.4, 0.5) is 0 Å². The van der Waals surface area contributed by atoms with Crippen LogP contribution in [0.3, 0.4) is 0 Å². The normalized spacial score (nSPS) is 16.0. The summed E-state index contributed by atoms with van der Waals surface area (Å²) in [5, 5.41) is -0.305. The van der Waals surface area contributed by atoms with Crippen LogP contribution in [0.1, 0.15) is 18.1 Å². The molecule has 0 radical (unpaired) electrons. The molecule has 1 heterocycles. The second-order valence-corrected chi connectivity index (χ2v) is 11.6. The molecular weight excluding hydrogens is 479 g/mol. The van der Waals surface area contributed by atoms with Crippen molar-refractivity contribution in [1.29, 1.82) is 0 Å². The summed E-state index contributed by atoms with van der Waals surface area (Å²) in [5.74, 6) is 2.05. The van der Waals surface area contributed by atoms with E-state index in [2.05, 4.69) is 13.2 Å². The van der Waals surface area contributed by atoms with Crippen molar-refractivity contribution in [2.75, 3.05) is 13.2 Å². The van der Waals surface area contributed by atoms with Crippen LogP contribution in [0.5, 0.6) is 17.2 Å². The SMILES string of the molecule is C=CCOc1ccc(C(C)(c2ccc(OCC=C)cc2)P2(=O)Oc3ccccc3-c3ccccc32)cc1. The molecule has 1 aliphatic rings. The monoisotopic (exact) mass is 508 g/mol. The van der Waals surface area contributed by atoms with Gasteiger partial charge >= 0.3 is 0 Å². The Morgan fingerprint density at radius 3 is 1.76 bits per heavy atom. The summed E-state index contributed by atoms with van der Waals surface area (Å²) in [6.07, 6.45) is 3.41. The summed E-state index contributed by atoms with van der Waals surface area (Å²) in [4.78, 5) is 0. The van der Waals surface area contributed by atoms with Crippen molar-refractivity contribution in [1.82, 2.24) is 0 Å². The average molecular weight is 509 g/mol. The predicted molar refractivity (Wildman–Crippen MR) is 150 cm³/mol. The fraction of sp³-hybridized carbons (Fsp3) is 0.125. The summed E-state index contributed by atoms with van der Waals surface area (Å²) in [6, 6.07) is 31.1. The van der Waals surface area contributed by atoms with Gasteiger partial charge in [-0.25, -0.2) is 0 Å². The van der Waals surface area contributed by atoms with Gasteiger partial charge in [0.2, 0.25) is 0 Å². The molecule has 0 saturated heterocycles. The lowest BCUT2D eigenvalue weighted by molar-refractivity contribution is 0.363. The predicted octanol–water partition coefficient (Wildman–Crippen LogP) is 7.74. The third-order valence-corrected chi connectivity index (χ3v) is 9.95. The Kier molecular flexibility index (Phi) is 6.78. The molecule has 0 fully saturated rings. The molecule has 1 aliphatic heterocycles. The number of ether oxygens (including phenoxy) is 2. The maximum absolute atomic E-state index is 15.4. The number of benzene rings is 4. The largest absolute Gasteiger partial charge is 0.490 e. The maximum atomic E-state index is 15.4. The Morgan fingerprint density at radius 2 is 1.22 bits per heavy atom. The van der Waals surface area contributed by atoms with Crippen LogP contribution in [0.2, 0.25) is 0 Å². The lowest BCUT2D eigenvalue weighted by atomic mass is 9.92. The molecule has 4 nitrogen and oxygen atoms in total. The summed E-state index contributed by atoms with van der Waals surface area (Å²) in [5.41, 5.74) is 3.58. The minimum atomic E-state index is -3.59. The van der Waals surface area contributed by atoms with Crippen molar-refractivity contribution in [2.24, 2.45) is 0 Å². The molecule has 4 aromatic rings. The van der Waals surface area contributed by atoms with Gasteiger partial charge in [0, 0.05) is 5.56 Å². The molecule has 5 rings (SSSR count). The van der Waals surface area contributed by atoms with Gasteiger partial charge in [0.1, 0.15) is 35.6 Å². The lowest BCUT2D eigenvalue weighted by Crippen LogP contribution is -2.34. The van der Waals surface area contributed by atoms with Crippen molar-refractivity contribution < 1.29 is 18.6 Å². The minimum absolute atomic E-state index is 0.411. The van der Waals surface area contributed by atoms with E-state index in [1.807, 2.05) is 104 Å². The minimum Gasteiger partial charge on any atom is -0.490 e. The van der Waals surface area contributed by atoms with Gasteiger partial charge in [-0.1, -0.05) is 86.0 Å². The average Bonchev–Trinajstić information content (AvgIpc) is 2.95. The number of para-hydroxylation sites is 1. The van der Waals surface area contributed by atoms with Crippen LogP contribution in [-0.4, -0.2) is 13.2 Å². The Bertz CT molecular complexity index is 1420. The zero-order chi connectivity index (χ0) is 25.9. The highest BCUT2D eigenvalue weighted by molar-refractivity contribution is 7.69. The smallest absolute Gasteiger partial charge is 0.292 e. The van der Waals surface area contributed by atoms with Crippen LogP contribution >= 0.6 is 7.37 Å². The quantitative estimate of drug-likeness (QED) is 0.171. The first-order chi connectivity index (χ1) is 18.0. The van der Waals surface area contributed by atoms with Gasteiger partial charge in [-0.05, 0) is 60.0 Å². The number of hydrogen-bond acceptors (Lipinski definition) is 4. The molecule has 1 atom stereocenters. The van der Waals surface area contributed by atoms with Gasteiger partial charge in [-0.15, -0.1) is 0 Å². The highest BCUT2D eigenvalue weighted by atomic mass is 31.2. The van der Waals surface area contributed by atoms with Gasteiger partial charge in [0.25, 0.3) is 7.37 Å². The molecule has 0 saturated carbocycles. The fourth-order valence-corrected chi connectivity index (χ4v) is 7.79. The van der Waals surface area contributed by atoms with E-state index >= 15 is 4.57 Å². The van der Waals surface area contributed by atoms with Crippen molar-refractivity contribution in [3.63, 3.8) is 0 Å². The van der Waals surface area contributed by atoms with E-state index in [0.717, 1.165) is 22.3 Å². The second-order valence-electron chi connectivity index (χ2n) is 8.98. The highest BCUT2D eigenvalue weighted by Gasteiger charge is 2.53. The van der Waals surface area contributed by atoms with Crippen LogP contribution in [0.25, 0.3) is 11.1 Å². The van der Waals surface area contributed by atoms with E-state index in [1.54, 1.807) is 12.2 Å². The molecule has 0 N–H and O–H groups in total. The molecule has 4 aromatic carbocycles. The first kappa shape index (κ1) is 24.7. The molecule has 0 spiro atoms. The molecular formula is C32H29O4P. The van der Waals surface area contributed by atoms with Gasteiger partial charge in [0.05, 0.1) is 5.30 Å². The standard InChI is InChI=1S/C32H29O4P/c1-4-22-34-26-18-14-24(15-19-26)32(3,25-16-20-27(21-17-25)35-23-5-2)37(33)31-13-9-7-11-29(31)28-10-6-8-12-30(28)36-37/h4-21H,1-2,22-23H2,3H3. The van der Waals surface area contributed by atoms with E-state index in [0.29, 0.717) is 35.8 Å². The first-order valence-electron chi connectivity index (χ1n) is 12.2. The number of fused-ring (bicyclic) bond motifs is 3. The highest BCUT2D eigenvalue weighted by Crippen LogP contribution is 2.69. The lowest BCUT2D eigenvalue weighted by Gasteiger charge is -2.41.